The Bertz CT molecular complexity index is 639. The van der Waals surface area contributed by atoms with Crippen molar-refractivity contribution in [1.82, 2.24) is 4.90 Å². The van der Waals surface area contributed by atoms with Crippen LogP contribution in [0.15, 0.2) is 21.5 Å². The minimum Gasteiger partial charge on any atom is -0.336 e. The van der Waals surface area contributed by atoms with Crippen molar-refractivity contribution in [2.75, 3.05) is 13.6 Å². The monoisotopic (exact) mass is 393 g/mol. The standard InChI is InChI=1S/C10H8BrClF3NO3S/c1-16(4-8(13)14)10(17)6-2-5(11)3-7(9(6)15)20(12,18)19/h2-3,8H,4H2,1H3. The van der Waals surface area contributed by atoms with Gasteiger partial charge in [0.05, 0.1) is 12.1 Å². The Balaban J connectivity index is 3.33. The van der Waals surface area contributed by atoms with Crippen LogP contribution in [-0.2, 0) is 9.05 Å². The van der Waals surface area contributed by atoms with Crippen LogP contribution in [0, 0.1) is 5.82 Å². The molecular weight excluding hydrogens is 387 g/mol. The molecule has 0 bridgehead atoms. The van der Waals surface area contributed by atoms with Crippen LogP contribution in [0.4, 0.5) is 13.2 Å². The molecule has 0 saturated carbocycles. The second-order valence-electron chi connectivity index (χ2n) is 3.78. The maximum Gasteiger partial charge on any atom is 0.264 e. The van der Waals surface area contributed by atoms with E-state index in [4.69, 9.17) is 10.7 Å². The zero-order chi connectivity index (χ0) is 15.7. The van der Waals surface area contributed by atoms with Crippen LogP contribution in [-0.4, -0.2) is 39.2 Å². The van der Waals surface area contributed by atoms with Crippen molar-refractivity contribution in [3.8, 4) is 0 Å². The molecule has 112 valence electrons. The summed E-state index contributed by atoms with van der Waals surface area (Å²) in [6, 6.07) is 1.87. The van der Waals surface area contributed by atoms with Crippen LogP contribution in [0.3, 0.4) is 0 Å². The fourth-order valence-electron chi connectivity index (χ4n) is 1.39. The summed E-state index contributed by atoms with van der Waals surface area (Å²) >= 11 is 2.90. The molecule has 0 aliphatic carbocycles. The fourth-order valence-corrected chi connectivity index (χ4v) is 2.93. The molecule has 1 aromatic carbocycles. The van der Waals surface area contributed by atoms with Gasteiger partial charge < -0.3 is 4.90 Å². The number of nitrogens with zero attached hydrogens (tertiary/aromatic N) is 1. The molecule has 4 nitrogen and oxygen atoms in total. The van der Waals surface area contributed by atoms with Gasteiger partial charge in [-0.2, -0.15) is 0 Å². The van der Waals surface area contributed by atoms with Gasteiger partial charge in [-0.1, -0.05) is 15.9 Å². The molecule has 0 heterocycles. The molecule has 10 heteroatoms. The third kappa shape index (κ3) is 4.10. The first-order valence-electron chi connectivity index (χ1n) is 5.01. The van der Waals surface area contributed by atoms with Gasteiger partial charge in [0.1, 0.15) is 4.90 Å². The molecule has 20 heavy (non-hydrogen) atoms. The maximum absolute atomic E-state index is 14.0. The number of hydrogen-bond acceptors (Lipinski definition) is 3. The Morgan fingerprint density at radius 3 is 2.45 bits per heavy atom. The van der Waals surface area contributed by atoms with Crippen LogP contribution >= 0.6 is 26.6 Å². The highest BCUT2D eigenvalue weighted by molar-refractivity contribution is 9.10. The summed E-state index contributed by atoms with van der Waals surface area (Å²) < 4.78 is 60.8. The lowest BCUT2D eigenvalue weighted by molar-refractivity contribution is 0.0615. The Kier molecular flexibility index (Phi) is 5.45. The zero-order valence-corrected chi connectivity index (χ0v) is 13.1. The van der Waals surface area contributed by atoms with E-state index in [2.05, 4.69) is 15.9 Å². The van der Waals surface area contributed by atoms with E-state index >= 15 is 0 Å². The summed E-state index contributed by atoms with van der Waals surface area (Å²) in [6.45, 7) is -0.909. The number of rotatable bonds is 4. The van der Waals surface area contributed by atoms with E-state index in [9.17, 15) is 26.4 Å². The minimum absolute atomic E-state index is 0.0759. The average molecular weight is 395 g/mol. The lowest BCUT2D eigenvalue weighted by Gasteiger charge is -2.17. The van der Waals surface area contributed by atoms with Crippen LogP contribution in [0.5, 0.6) is 0 Å². The molecule has 0 saturated heterocycles. The van der Waals surface area contributed by atoms with Gasteiger partial charge >= 0.3 is 0 Å². The molecule has 0 aromatic heterocycles. The molecule has 0 fully saturated rings. The Morgan fingerprint density at radius 2 is 2.00 bits per heavy atom. The quantitative estimate of drug-likeness (QED) is 0.738. The lowest BCUT2D eigenvalue weighted by Crippen LogP contribution is -2.32. The predicted molar refractivity (Wildman–Crippen MR) is 70.1 cm³/mol. The number of amides is 1. The SMILES string of the molecule is CN(CC(F)F)C(=O)c1cc(Br)cc(S(=O)(=O)Cl)c1F. The molecule has 0 spiro atoms. The first kappa shape index (κ1) is 17.3. The van der Waals surface area contributed by atoms with Crippen molar-refractivity contribution in [2.24, 2.45) is 0 Å². The van der Waals surface area contributed by atoms with Crippen LogP contribution in [0.25, 0.3) is 0 Å². The van der Waals surface area contributed by atoms with Crippen LogP contribution in [0.2, 0.25) is 0 Å². The summed E-state index contributed by atoms with van der Waals surface area (Å²) in [5, 5.41) is 0. The highest BCUT2D eigenvalue weighted by Gasteiger charge is 2.26. The summed E-state index contributed by atoms with van der Waals surface area (Å²) in [7, 11) is 1.68. The first-order valence-corrected chi connectivity index (χ1v) is 8.11. The van der Waals surface area contributed by atoms with Crippen molar-refractivity contribution in [1.29, 1.82) is 0 Å². The molecule has 1 amide bonds. The molecule has 0 radical (unpaired) electrons. The largest absolute Gasteiger partial charge is 0.336 e. The van der Waals surface area contributed by atoms with Gasteiger partial charge in [-0.15, -0.1) is 0 Å². The van der Waals surface area contributed by atoms with E-state index in [1.807, 2.05) is 0 Å². The van der Waals surface area contributed by atoms with E-state index < -0.39 is 44.2 Å². The van der Waals surface area contributed by atoms with Gasteiger partial charge in [0, 0.05) is 22.2 Å². The van der Waals surface area contributed by atoms with Crippen molar-refractivity contribution in [3.05, 3.63) is 28.0 Å². The Labute approximate surface area is 126 Å². The smallest absolute Gasteiger partial charge is 0.264 e. The summed E-state index contributed by atoms with van der Waals surface area (Å²) in [5.41, 5.74) is -0.665. The Hall–Kier alpha value is -0.800. The number of hydrogen-bond donors (Lipinski definition) is 0. The number of halogens is 5. The number of carbonyl (C=O) groups excluding carboxylic acids is 1. The van der Waals surface area contributed by atoms with Crippen LogP contribution < -0.4 is 0 Å². The number of benzene rings is 1. The molecule has 0 aliphatic heterocycles. The van der Waals surface area contributed by atoms with E-state index in [1.165, 1.54) is 0 Å². The summed E-state index contributed by atoms with van der Waals surface area (Å²) in [6.07, 6.45) is -2.80. The molecule has 1 aromatic rings. The van der Waals surface area contributed by atoms with Crippen molar-refractivity contribution < 1.29 is 26.4 Å². The minimum atomic E-state index is -4.41. The topological polar surface area (TPSA) is 54.5 Å². The number of carbonyl (C=O) groups is 1. The van der Waals surface area contributed by atoms with Gasteiger partial charge in [-0.05, 0) is 12.1 Å². The molecular formula is C10H8BrClF3NO3S. The third-order valence-electron chi connectivity index (χ3n) is 2.26. The highest BCUT2D eigenvalue weighted by Crippen LogP contribution is 2.27. The van der Waals surface area contributed by atoms with E-state index in [0.29, 0.717) is 4.90 Å². The second-order valence-corrected chi connectivity index (χ2v) is 7.23. The molecule has 0 atom stereocenters. The average Bonchev–Trinajstić information content (AvgIpc) is 2.28. The highest BCUT2D eigenvalue weighted by atomic mass is 79.9. The first-order chi connectivity index (χ1) is 9.04. The normalized spacial score (nSPS) is 11.8. The molecule has 1 rings (SSSR count). The van der Waals surface area contributed by atoms with Gasteiger partial charge in [0.15, 0.2) is 5.82 Å². The zero-order valence-electron chi connectivity index (χ0n) is 9.91. The fraction of sp³-hybridized carbons (Fsp3) is 0.300. The summed E-state index contributed by atoms with van der Waals surface area (Å²) in [5.74, 6) is -2.46. The van der Waals surface area contributed by atoms with Gasteiger partial charge in [-0.3, -0.25) is 4.79 Å². The predicted octanol–water partition coefficient (Wildman–Crippen LogP) is 2.85. The van der Waals surface area contributed by atoms with E-state index in [-0.39, 0.29) is 4.47 Å². The van der Waals surface area contributed by atoms with E-state index in [1.54, 1.807) is 0 Å². The van der Waals surface area contributed by atoms with E-state index in [0.717, 1.165) is 19.2 Å². The van der Waals surface area contributed by atoms with Gasteiger partial charge in [0.2, 0.25) is 0 Å². The molecule has 0 N–H and O–H groups in total. The Morgan fingerprint density at radius 1 is 1.45 bits per heavy atom. The number of alkyl halides is 2. The van der Waals surface area contributed by atoms with Crippen molar-refractivity contribution in [2.45, 2.75) is 11.3 Å². The molecule has 0 aliphatic rings. The van der Waals surface area contributed by atoms with Crippen molar-refractivity contribution in [3.63, 3.8) is 0 Å². The van der Waals surface area contributed by atoms with Gasteiger partial charge in [-0.25, -0.2) is 21.6 Å². The van der Waals surface area contributed by atoms with Crippen molar-refractivity contribution >= 4 is 41.6 Å². The summed E-state index contributed by atoms with van der Waals surface area (Å²) in [4.78, 5) is 11.5. The lowest BCUT2D eigenvalue weighted by atomic mass is 10.2. The molecule has 0 unspecified atom stereocenters. The second kappa shape index (κ2) is 6.31. The van der Waals surface area contributed by atoms with Gasteiger partial charge in [0.25, 0.3) is 21.4 Å². The third-order valence-corrected chi connectivity index (χ3v) is 4.03. The van der Waals surface area contributed by atoms with Crippen LogP contribution in [0.1, 0.15) is 10.4 Å². The maximum atomic E-state index is 14.0.